The smallest absolute Gasteiger partial charge is 0.323 e. The first-order valence-corrected chi connectivity index (χ1v) is 6.63. The Hall–Kier alpha value is -2.07. The molecule has 0 fully saturated rings. The van der Waals surface area contributed by atoms with E-state index in [9.17, 15) is 14.7 Å². The molecule has 4 nitrogen and oxygen atoms in total. The first-order valence-electron chi connectivity index (χ1n) is 6.25. The Morgan fingerprint density at radius 1 is 1.20 bits per heavy atom. The predicted molar refractivity (Wildman–Crippen MR) is 74.1 cm³/mol. The fraction of sp³-hybridized carbons (Fsp3) is 0.200. The molecular weight excluding hydrogens is 278 g/mol. The highest BCUT2D eigenvalue weighted by atomic mass is 35.5. The van der Waals surface area contributed by atoms with Crippen molar-refractivity contribution >= 4 is 23.4 Å². The molecule has 20 heavy (non-hydrogen) atoms. The van der Waals surface area contributed by atoms with Crippen molar-refractivity contribution in [3.63, 3.8) is 0 Å². The van der Waals surface area contributed by atoms with E-state index in [1.165, 1.54) is 0 Å². The lowest BCUT2D eigenvalue weighted by molar-refractivity contribution is -0.141. The van der Waals surface area contributed by atoms with E-state index < -0.39 is 11.4 Å². The zero-order chi connectivity index (χ0) is 14.3. The topological polar surface area (TPSA) is 59.3 Å². The molecular formula is C15H12ClNO3. The Labute approximate surface area is 120 Å². The molecule has 3 rings (SSSR count). The molecule has 102 valence electrons. The largest absolute Gasteiger partial charge is 0.480 e. The lowest BCUT2D eigenvalue weighted by Crippen LogP contribution is -2.42. The lowest BCUT2D eigenvalue weighted by atomic mass is 9.76. The molecule has 5 heteroatoms. The van der Waals surface area contributed by atoms with E-state index in [2.05, 4.69) is 0 Å². The van der Waals surface area contributed by atoms with E-state index in [0.717, 1.165) is 0 Å². The minimum absolute atomic E-state index is 0.278. The van der Waals surface area contributed by atoms with Gasteiger partial charge in [0.1, 0.15) is 0 Å². The van der Waals surface area contributed by atoms with Gasteiger partial charge in [-0.25, -0.2) is 0 Å². The number of rotatable bonds is 3. The molecule has 1 aromatic carbocycles. The van der Waals surface area contributed by atoms with Crippen LogP contribution in [0.15, 0.2) is 42.6 Å². The number of hydrogen-bond donors (Lipinski definition) is 1. The molecule has 0 bridgehead atoms. The van der Waals surface area contributed by atoms with Gasteiger partial charge in [0.2, 0.25) is 0 Å². The molecule has 0 saturated carbocycles. The highest BCUT2D eigenvalue weighted by molar-refractivity contribution is 6.30. The SMILES string of the molecule is O=C(O)C1(C(=O)c2ccc(Cl)cc2)CCn2cccc21. The Kier molecular flexibility index (Phi) is 2.91. The number of fused-ring (bicyclic) bond motifs is 1. The molecule has 2 heterocycles. The fourth-order valence-electron chi connectivity index (χ4n) is 2.80. The van der Waals surface area contributed by atoms with E-state index in [1.807, 2.05) is 4.57 Å². The van der Waals surface area contributed by atoms with Crippen molar-refractivity contribution in [1.82, 2.24) is 4.57 Å². The maximum absolute atomic E-state index is 12.7. The molecule has 1 aliphatic heterocycles. The molecule has 1 N–H and O–H groups in total. The van der Waals surface area contributed by atoms with Crippen LogP contribution in [0, 0.1) is 0 Å². The zero-order valence-electron chi connectivity index (χ0n) is 10.5. The Bertz CT molecular complexity index is 689. The molecule has 0 amide bonds. The van der Waals surface area contributed by atoms with Crippen molar-refractivity contribution in [2.75, 3.05) is 0 Å². The summed E-state index contributed by atoms with van der Waals surface area (Å²) in [7, 11) is 0. The van der Waals surface area contributed by atoms with Gasteiger partial charge in [0.05, 0.1) is 0 Å². The van der Waals surface area contributed by atoms with Gasteiger partial charge in [-0.3, -0.25) is 9.59 Å². The normalized spacial score (nSPS) is 20.6. The standard InChI is InChI=1S/C15H12ClNO3/c16-11-5-3-10(4-6-11)13(18)15(14(19)20)7-9-17-8-1-2-12(15)17/h1-6,8H,7,9H2,(H,19,20). The van der Waals surface area contributed by atoms with Gasteiger partial charge in [0, 0.05) is 29.0 Å². The summed E-state index contributed by atoms with van der Waals surface area (Å²) in [6.07, 6.45) is 2.08. The maximum atomic E-state index is 12.7. The van der Waals surface area contributed by atoms with Crippen LogP contribution in [0.3, 0.4) is 0 Å². The number of carboxylic acid groups (broad SMARTS) is 1. The van der Waals surface area contributed by atoms with Gasteiger partial charge < -0.3 is 9.67 Å². The van der Waals surface area contributed by atoms with Gasteiger partial charge in [-0.05, 0) is 42.8 Å². The second-order valence-corrected chi connectivity index (χ2v) is 5.32. The summed E-state index contributed by atoms with van der Waals surface area (Å²) in [6, 6.07) is 9.80. The second kappa shape index (κ2) is 4.49. The van der Waals surface area contributed by atoms with Crippen molar-refractivity contribution in [3.05, 3.63) is 58.9 Å². The number of nitrogens with zero attached hydrogens (tertiary/aromatic N) is 1. The van der Waals surface area contributed by atoms with Crippen LogP contribution < -0.4 is 0 Å². The van der Waals surface area contributed by atoms with Crippen LogP contribution >= 0.6 is 11.6 Å². The number of aliphatic carboxylic acids is 1. The highest BCUT2D eigenvalue weighted by Gasteiger charge is 2.52. The van der Waals surface area contributed by atoms with Gasteiger partial charge in [-0.15, -0.1) is 0 Å². The molecule has 1 unspecified atom stereocenters. The predicted octanol–water partition coefficient (Wildman–Crippen LogP) is 2.75. The summed E-state index contributed by atoms with van der Waals surface area (Å²) in [4.78, 5) is 24.6. The quantitative estimate of drug-likeness (QED) is 0.698. The number of halogens is 1. The molecule has 0 radical (unpaired) electrons. The van der Waals surface area contributed by atoms with Crippen LogP contribution in [0.2, 0.25) is 5.02 Å². The van der Waals surface area contributed by atoms with E-state index in [1.54, 1.807) is 42.6 Å². The maximum Gasteiger partial charge on any atom is 0.323 e. The Morgan fingerprint density at radius 3 is 2.55 bits per heavy atom. The highest BCUT2D eigenvalue weighted by Crippen LogP contribution is 2.38. The monoisotopic (exact) mass is 289 g/mol. The number of Topliss-reactive ketones (excluding diaryl/α,β-unsaturated/α-hetero) is 1. The van der Waals surface area contributed by atoms with Gasteiger partial charge >= 0.3 is 5.97 Å². The number of carbonyl (C=O) groups excluding carboxylic acids is 1. The number of aromatic nitrogens is 1. The minimum Gasteiger partial charge on any atom is -0.480 e. The molecule has 0 aliphatic carbocycles. The van der Waals surface area contributed by atoms with Crippen molar-refractivity contribution in [1.29, 1.82) is 0 Å². The van der Waals surface area contributed by atoms with Crippen molar-refractivity contribution in [2.24, 2.45) is 0 Å². The number of carboxylic acids is 1. The van der Waals surface area contributed by atoms with Crippen LogP contribution in [0.5, 0.6) is 0 Å². The van der Waals surface area contributed by atoms with Crippen LogP contribution in [0.1, 0.15) is 22.5 Å². The summed E-state index contributed by atoms with van der Waals surface area (Å²) in [5, 5.41) is 10.2. The van der Waals surface area contributed by atoms with Gasteiger partial charge in [-0.2, -0.15) is 0 Å². The Morgan fingerprint density at radius 2 is 1.90 bits per heavy atom. The Balaban J connectivity index is 2.12. The van der Waals surface area contributed by atoms with Crippen LogP contribution in [-0.2, 0) is 16.8 Å². The first-order chi connectivity index (χ1) is 9.55. The van der Waals surface area contributed by atoms with Crippen molar-refractivity contribution in [3.8, 4) is 0 Å². The molecule has 0 spiro atoms. The van der Waals surface area contributed by atoms with Crippen LogP contribution in [0.4, 0.5) is 0 Å². The third kappa shape index (κ3) is 1.68. The van der Waals surface area contributed by atoms with E-state index in [-0.39, 0.29) is 12.2 Å². The van der Waals surface area contributed by atoms with Gasteiger partial charge in [-0.1, -0.05) is 11.6 Å². The number of hydrogen-bond acceptors (Lipinski definition) is 2. The average molecular weight is 290 g/mol. The molecule has 0 saturated heterocycles. The second-order valence-electron chi connectivity index (χ2n) is 4.88. The van der Waals surface area contributed by atoms with Crippen molar-refractivity contribution < 1.29 is 14.7 Å². The van der Waals surface area contributed by atoms with Crippen LogP contribution in [-0.4, -0.2) is 21.4 Å². The third-order valence-electron chi connectivity index (χ3n) is 3.85. The summed E-state index contributed by atoms with van der Waals surface area (Å²) in [6.45, 7) is 0.536. The third-order valence-corrected chi connectivity index (χ3v) is 4.11. The van der Waals surface area contributed by atoms with Gasteiger partial charge in [0.15, 0.2) is 11.2 Å². The molecule has 2 aromatic rings. The molecule has 1 aromatic heterocycles. The number of ketones is 1. The number of benzene rings is 1. The number of aryl methyl sites for hydroxylation is 1. The zero-order valence-corrected chi connectivity index (χ0v) is 11.3. The van der Waals surface area contributed by atoms with E-state index >= 15 is 0 Å². The minimum atomic E-state index is -1.49. The van der Waals surface area contributed by atoms with Crippen molar-refractivity contribution in [2.45, 2.75) is 18.4 Å². The first kappa shape index (κ1) is 12.9. The number of carbonyl (C=O) groups is 2. The summed E-state index contributed by atoms with van der Waals surface area (Å²) in [5.41, 5.74) is -0.575. The summed E-state index contributed by atoms with van der Waals surface area (Å²) < 4.78 is 1.82. The molecule has 1 aliphatic rings. The summed E-state index contributed by atoms with van der Waals surface area (Å²) >= 11 is 5.81. The van der Waals surface area contributed by atoms with E-state index in [4.69, 9.17) is 11.6 Å². The van der Waals surface area contributed by atoms with Crippen LogP contribution in [0.25, 0.3) is 0 Å². The van der Waals surface area contributed by atoms with E-state index in [0.29, 0.717) is 22.8 Å². The van der Waals surface area contributed by atoms with Gasteiger partial charge in [0.25, 0.3) is 0 Å². The summed E-state index contributed by atoms with van der Waals surface area (Å²) in [5.74, 6) is -1.49. The fourth-order valence-corrected chi connectivity index (χ4v) is 2.93. The average Bonchev–Trinajstić information content (AvgIpc) is 3.00. The lowest BCUT2D eigenvalue weighted by Gasteiger charge is -2.22. The molecule has 1 atom stereocenters.